The number of aryl methyl sites for hydroxylation is 1. The maximum absolute atomic E-state index is 12.9. The van der Waals surface area contributed by atoms with Gasteiger partial charge in [0.15, 0.2) is 5.82 Å². The Morgan fingerprint density at radius 2 is 1.81 bits per heavy atom. The molecule has 0 unspecified atom stereocenters. The number of aromatic nitrogens is 2. The van der Waals surface area contributed by atoms with Crippen molar-refractivity contribution < 1.29 is 22.8 Å². The zero-order valence-electron chi connectivity index (χ0n) is 20.0. The van der Waals surface area contributed by atoms with Crippen molar-refractivity contribution in [2.45, 2.75) is 38.5 Å². The largest absolute Gasteiger partial charge is 0.416 e. The van der Waals surface area contributed by atoms with E-state index in [2.05, 4.69) is 26.3 Å². The fourth-order valence-electron chi connectivity index (χ4n) is 3.63. The molecule has 1 heterocycles. The van der Waals surface area contributed by atoms with Gasteiger partial charge in [0.05, 0.1) is 5.56 Å². The van der Waals surface area contributed by atoms with Gasteiger partial charge in [0.1, 0.15) is 0 Å². The summed E-state index contributed by atoms with van der Waals surface area (Å²) in [6.45, 7) is 2.85. The van der Waals surface area contributed by atoms with Crippen LogP contribution in [0.25, 0.3) is 0 Å². The molecule has 8 nitrogen and oxygen atoms in total. The molecule has 4 rings (SSSR count). The first-order valence-corrected chi connectivity index (χ1v) is 12.1. The Balaban J connectivity index is 1.48. The Morgan fingerprint density at radius 1 is 1.08 bits per heavy atom. The Bertz CT molecular complexity index is 1270. The van der Waals surface area contributed by atoms with Gasteiger partial charge < -0.3 is 20.5 Å². The molecule has 0 atom stereocenters. The molecule has 196 valence electrons. The van der Waals surface area contributed by atoms with Crippen LogP contribution < -0.4 is 21.3 Å². The third-order valence-electron chi connectivity index (χ3n) is 5.71. The third kappa shape index (κ3) is 7.46. The summed E-state index contributed by atoms with van der Waals surface area (Å²) in [6.07, 6.45) is -0.737. The number of benzene rings is 2. The SMILES string of the molecule is Cc1cc(Cl)ccc1NC(=O)Nc1cn(Cc2ccc(C(F)(F)F)cc2)c(C(=O)NCCNC2CC2)n1. The summed E-state index contributed by atoms with van der Waals surface area (Å²) in [4.78, 5) is 29.7. The van der Waals surface area contributed by atoms with Crippen LogP contribution in [0.4, 0.5) is 29.5 Å². The van der Waals surface area contributed by atoms with Crippen LogP contribution in [0.2, 0.25) is 5.02 Å². The fourth-order valence-corrected chi connectivity index (χ4v) is 3.86. The second-order valence-corrected chi connectivity index (χ2v) is 9.23. The molecule has 0 bridgehead atoms. The number of carbonyl (C=O) groups excluding carboxylic acids is 2. The molecule has 0 spiro atoms. The number of rotatable bonds is 9. The number of nitrogens with zero attached hydrogens (tertiary/aromatic N) is 2. The van der Waals surface area contributed by atoms with E-state index >= 15 is 0 Å². The number of alkyl halides is 3. The van der Waals surface area contributed by atoms with Gasteiger partial charge in [0, 0.05) is 42.6 Å². The lowest BCUT2D eigenvalue weighted by Gasteiger charge is -2.10. The average Bonchev–Trinajstić information content (AvgIpc) is 3.58. The van der Waals surface area contributed by atoms with Crippen LogP contribution in [-0.4, -0.2) is 40.6 Å². The average molecular weight is 535 g/mol. The minimum Gasteiger partial charge on any atom is -0.348 e. The maximum Gasteiger partial charge on any atom is 0.416 e. The van der Waals surface area contributed by atoms with Gasteiger partial charge in [0.25, 0.3) is 5.91 Å². The van der Waals surface area contributed by atoms with E-state index in [9.17, 15) is 22.8 Å². The number of anilines is 2. The van der Waals surface area contributed by atoms with Crippen molar-refractivity contribution in [2.24, 2.45) is 0 Å². The van der Waals surface area contributed by atoms with Gasteiger partial charge in [-0.2, -0.15) is 13.2 Å². The summed E-state index contributed by atoms with van der Waals surface area (Å²) in [5, 5.41) is 11.9. The topological polar surface area (TPSA) is 100 Å². The van der Waals surface area contributed by atoms with E-state index in [1.165, 1.54) is 22.9 Å². The Labute approximate surface area is 216 Å². The lowest BCUT2D eigenvalue weighted by atomic mass is 10.1. The van der Waals surface area contributed by atoms with E-state index in [1.807, 2.05) is 0 Å². The van der Waals surface area contributed by atoms with Crippen molar-refractivity contribution in [1.82, 2.24) is 20.2 Å². The van der Waals surface area contributed by atoms with Crippen LogP contribution in [0.15, 0.2) is 48.7 Å². The van der Waals surface area contributed by atoms with Crippen molar-refractivity contribution in [3.63, 3.8) is 0 Å². The van der Waals surface area contributed by atoms with E-state index in [0.29, 0.717) is 35.4 Å². The van der Waals surface area contributed by atoms with E-state index in [0.717, 1.165) is 30.5 Å². The highest BCUT2D eigenvalue weighted by Gasteiger charge is 2.30. The first-order chi connectivity index (χ1) is 17.6. The van der Waals surface area contributed by atoms with Crippen LogP contribution >= 0.6 is 11.6 Å². The smallest absolute Gasteiger partial charge is 0.348 e. The predicted molar refractivity (Wildman–Crippen MR) is 135 cm³/mol. The molecule has 0 radical (unpaired) electrons. The zero-order chi connectivity index (χ0) is 26.6. The van der Waals surface area contributed by atoms with Crippen molar-refractivity contribution in [2.75, 3.05) is 23.7 Å². The number of carbonyl (C=O) groups is 2. The Kier molecular flexibility index (Phi) is 8.03. The summed E-state index contributed by atoms with van der Waals surface area (Å²) in [6, 6.07) is 9.57. The summed E-state index contributed by atoms with van der Waals surface area (Å²) in [5.41, 5.74) is 1.07. The first-order valence-electron chi connectivity index (χ1n) is 11.7. The first kappa shape index (κ1) is 26.5. The number of urea groups is 1. The minimum absolute atomic E-state index is 0.0179. The molecule has 1 aliphatic rings. The van der Waals surface area contributed by atoms with Gasteiger partial charge in [0.2, 0.25) is 5.82 Å². The molecule has 0 aliphatic heterocycles. The van der Waals surface area contributed by atoms with Crippen LogP contribution in [0.3, 0.4) is 0 Å². The number of amides is 3. The van der Waals surface area contributed by atoms with E-state index in [4.69, 9.17) is 11.6 Å². The predicted octanol–water partition coefficient (Wildman–Crippen LogP) is 5.04. The second-order valence-electron chi connectivity index (χ2n) is 8.80. The Hall–Kier alpha value is -3.57. The van der Waals surface area contributed by atoms with Gasteiger partial charge in [-0.25, -0.2) is 9.78 Å². The normalized spacial score (nSPS) is 13.3. The summed E-state index contributed by atoms with van der Waals surface area (Å²) in [5.74, 6) is -0.340. The lowest BCUT2D eigenvalue weighted by Crippen LogP contribution is -2.34. The summed E-state index contributed by atoms with van der Waals surface area (Å²) < 4.78 is 40.2. The van der Waals surface area contributed by atoms with Crippen molar-refractivity contribution in [3.05, 3.63) is 76.2 Å². The molecule has 0 saturated heterocycles. The van der Waals surface area contributed by atoms with Crippen molar-refractivity contribution in [3.8, 4) is 0 Å². The van der Waals surface area contributed by atoms with Crippen LogP contribution in [0.5, 0.6) is 0 Å². The number of nitrogens with one attached hydrogen (secondary N) is 4. The number of imidazole rings is 1. The molecule has 3 amide bonds. The molecule has 37 heavy (non-hydrogen) atoms. The highest BCUT2D eigenvalue weighted by Crippen LogP contribution is 2.29. The molecule has 2 aromatic carbocycles. The highest BCUT2D eigenvalue weighted by atomic mass is 35.5. The Morgan fingerprint density at radius 3 is 2.46 bits per heavy atom. The monoisotopic (exact) mass is 534 g/mol. The van der Waals surface area contributed by atoms with Crippen LogP contribution in [0, 0.1) is 6.92 Å². The molecule has 1 fully saturated rings. The van der Waals surface area contributed by atoms with E-state index in [1.54, 1.807) is 25.1 Å². The third-order valence-corrected chi connectivity index (χ3v) is 5.95. The molecule has 3 aromatic rings. The molecular formula is C25H26ClF3N6O2. The van der Waals surface area contributed by atoms with Gasteiger partial charge in [-0.3, -0.25) is 10.1 Å². The molecule has 12 heteroatoms. The van der Waals surface area contributed by atoms with Gasteiger partial charge in [-0.05, 0) is 61.2 Å². The molecule has 1 aliphatic carbocycles. The quantitative estimate of drug-likeness (QED) is 0.289. The van der Waals surface area contributed by atoms with Crippen molar-refractivity contribution in [1.29, 1.82) is 0 Å². The minimum atomic E-state index is -4.44. The highest BCUT2D eigenvalue weighted by molar-refractivity contribution is 6.30. The summed E-state index contributed by atoms with van der Waals surface area (Å²) >= 11 is 5.96. The number of halogens is 4. The van der Waals surface area contributed by atoms with Gasteiger partial charge in [-0.1, -0.05) is 23.7 Å². The second kappa shape index (κ2) is 11.2. The number of hydrogen-bond acceptors (Lipinski definition) is 4. The van der Waals surface area contributed by atoms with E-state index < -0.39 is 23.7 Å². The van der Waals surface area contributed by atoms with Gasteiger partial charge >= 0.3 is 12.2 Å². The molecule has 1 aromatic heterocycles. The maximum atomic E-state index is 12.9. The molecule has 4 N–H and O–H groups in total. The number of hydrogen-bond donors (Lipinski definition) is 4. The van der Waals surface area contributed by atoms with Crippen LogP contribution in [0.1, 0.15) is 40.2 Å². The summed E-state index contributed by atoms with van der Waals surface area (Å²) in [7, 11) is 0. The fraction of sp³-hybridized carbons (Fsp3) is 0.320. The molecular weight excluding hydrogens is 509 g/mol. The van der Waals surface area contributed by atoms with Gasteiger partial charge in [-0.15, -0.1) is 0 Å². The molecule has 1 saturated carbocycles. The van der Waals surface area contributed by atoms with Crippen molar-refractivity contribution >= 4 is 35.0 Å². The lowest BCUT2D eigenvalue weighted by molar-refractivity contribution is -0.137. The van der Waals surface area contributed by atoms with Crippen LogP contribution in [-0.2, 0) is 12.7 Å². The zero-order valence-corrected chi connectivity index (χ0v) is 20.7. The standard InChI is InChI=1S/C25H26ClF3N6O2/c1-15-12-18(26)6-9-20(15)32-24(37)34-21-14-35(13-16-2-4-17(5-3-16)25(27,28)29)22(33-21)23(36)31-11-10-30-19-7-8-19/h2-6,9,12,14,19,30H,7-8,10-11,13H2,1H3,(H,31,36)(H2,32,34,37). The van der Waals surface area contributed by atoms with E-state index in [-0.39, 0.29) is 18.2 Å².